The number of piperidine rings is 1. The van der Waals surface area contributed by atoms with E-state index in [1.807, 2.05) is 0 Å². The number of hydrogen-bond acceptors (Lipinski definition) is 3. The molecule has 1 aromatic rings. The second-order valence-electron chi connectivity index (χ2n) is 5.63. The van der Waals surface area contributed by atoms with Gasteiger partial charge in [-0.15, -0.1) is 10.2 Å². The molecule has 1 fully saturated rings. The highest BCUT2D eigenvalue weighted by atomic mass is 15.3. The van der Waals surface area contributed by atoms with Crippen LogP contribution in [-0.2, 0) is 19.4 Å². The topological polar surface area (TPSA) is 42.7 Å². The standard InChI is InChI=1S/C13H22N4/c1-10-5-7-17-12(8-10)15-16-13(17)9-11-4-2-3-6-14-11/h10-11,14H,2-9H2,1H3. The van der Waals surface area contributed by atoms with Gasteiger partial charge < -0.3 is 9.88 Å². The molecule has 2 unspecified atom stereocenters. The number of fused-ring (bicyclic) bond motifs is 1. The minimum atomic E-state index is 0.622. The molecule has 2 aliphatic rings. The summed E-state index contributed by atoms with van der Waals surface area (Å²) in [6.45, 7) is 4.59. The molecule has 2 atom stereocenters. The second-order valence-corrected chi connectivity index (χ2v) is 5.63. The summed E-state index contributed by atoms with van der Waals surface area (Å²) in [6.07, 6.45) is 7.41. The highest BCUT2D eigenvalue weighted by Gasteiger charge is 2.22. The van der Waals surface area contributed by atoms with Gasteiger partial charge in [0.15, 0.2) is 0 Å². The van der Waals surface area contributed by atoms with Crippen molar-refractivity contribution in [3.63, 3.8) is 0 Å². The molecule has 3 rings (SSSR count). The molecule has 0 amide bonds. The normalized spacial score (nSPS) is 29.0. The van der Waals surface area contributed by atoms with Gasteiger partial charge in [0.25, 0.3) is 0 Å². The van der Waals surface area contributed by atoms with Crippen LogP contribution in [0, 0.1) is 5.92 Å². The van der Waals surface area contributed by atoms with Gasteiger partial charge in [0.1, 0.15) is 11.6 Å². The van der Waals surface area contributed by atoms with Gasteiger partial charge in [-0.3, -0.25) is 0 Å². The summed E-state index contributed by atoms with van der Waals surface area (Å²) in [4.78, 5) is 0. The minimum absolute atomic E-state index is 0.622. The third-order valence-electron chi connectivity index (χ3n) is 4.12. The molecule has 1 aromatic heterocycles. The molecule has 94 valence electrons. The number of nitrogens with one attached hydrogen (secondary N) is 1. The molecule has 1 saturated heterocycles. The Morgan fingerprint density at radius 3 is 3.06 bits per heavy atom. The molecule has 0 aliphatic carbocycles. The fourth-order valence-electron chi connectivity index (χ4n) is 3.01. The van der Waals surface area contributed by atoms with Crippen LogP contribution < -0.4 is 5.32 Å². The van der Waals surface area contributed by atoms with Crippen LogP contribution in [0.25, 0.3) is 0 Å². The van der Waals surface area contributed by atoms with E-state index in [9.17, 15) is 0 Å². The predicted octanol–water partition coefficient (Wildman–Crippen LogP) is 1.54. The number of nitrogens with zero attached hydrogens (tertiary/aromatic N) is 3. The van der Waals surface area contributed by atoms with Crippen LogP contribution in [0.1, 0.15) is 44.3 Å². The van der Waals surface area contributed by atoms with Crippen molar-refractivity contribution in [2.75, 3.05) is 6.54 Å². The zero-order chi connectivity index (χ0) is 11.7. The van der Waals surface area contributed by atoms with Crippen molar-refractivity contribution in [3.05, 3.63) is 11.6 Å². The summed E-state index contributed by atoms with van der Waals surface area (Å²) >= 11 is 0. The molecular formula is C13H22N4. The first-order chi connectivity index (χ1) is 8.33. The lowest BCUT2D eigenvalue weighted by atomic mass is 9.99. The van der Waals surface area contributed by atoms with Crippen molar-refractivity contribution >= 4 is 0 Å². The van der Waals surface area contributed by atoms with Crippen LogP contribution in [-0.4, -0.2) is 27.4 Å². The van der Waals surface area contributed by atoms with Crippen molar-refractivity contribution in [2.45, 2.75) is 58.0 Å². The molecule has 1 N–H and O–H groups in total. The maximum atomic E-state index is 4.40. The van der Waals surface area contributed by atoms with Gasteiger partial charge in [0.05, 0.1) is 0 Å². The van der Waals surface area contributed by atoms with Crippen LogP contribution in [0.5, 0.6) is 0 Å². The third-order valence-corrected chi connectivity index (χ3v) is 4.12. The second kappa shape index (κ2) is 4.77. The average molecular weight is 234 g/mol. The summed E-state index contributed by atoms with van der Waals surface area (Å²) in [6, 6.07) is 0.622. The summed E-state index contributed by atoms with van der Waals surface area (Å²) in [5, 5.41) is 12.3. The smallest absolute Gasteiger partial charge is 0.134 e. The summed E-state index contributed by atoms with van der Waals surface area (Å²) < 4.78 is 2.36. The van der Waals surface area contributed by atoms with Gasteiger partial charge in [-0.2, -0.15) is 0 Å². The maximum Gasteiger partial charge on any atom is 0.134 e. The van der Waals surface area contributed by atoms with Crippen LogP contribution in [0.15, 0.2) is 0 Å². The summed E-state index contributed by atoms with van der Waals surface area (Å²) in [7, 11) is 0. The highest BCUT2D eigenvalue weighted by molar-refractivity contribution is 5.02. The van der Waals surface area contributed by atoms with E-state index in [1.165, 1.54) is 43.9 Å². The van der Waals surface area contributed by atoms with Gasteiger partial charge >= 0.3 is 0 Å². The largest absolute Gasteiger partial charge is 0.315 e. The molecule has 0 aromatic carbocycles. The molecule has 0 saturated carbocycles. The molecule has 2 aliphatic heterocycles. The Hall–Kier alpha value is -0.900. The van der Waals surface area contributed by atoms with E-state index in [0.717, 1.165) is 25.3 Å². The van der Waals surface area contributed by atoms with E-state index in [4.69, 9.17) is 0 Å². The maximum absolute atomic E-state index is 4.40. The molecule has 0 bridgehead atoms. The molecular weight excluding hydrogens is 212 g/mol. The summed E-state index contributed by atoms with van der Waals surface area (Å²) in [5.41, 5.74) is 0. The molecule has 17 heavy (non-hydrogen) atoms. The first-order valence-electron chi connectivity index (χ1n) is 6.97. The molecule has 3 heterocycles. The fourth-order valence-corrected chi connectivity index (χ4v) is 3.01. The van der Waals surface area contributed by atoms with Crippen LogP contribution in [0.2, 0.25) is 0 Å². The third kappa shape index (κ3) is 2.37. The van der Waals surface area contributed by atoms with E-state index in [-0.39, 0.29) is 0 Å². The van der Waals surface area contributed by atoms with Gasteiger partial charge in [-0.05, 0) is 31.7 Å². The fraction of sp³-hybridized carbons (Fsp3) is 0.846. The molecule has 0 spiro atoms. The van der Waals surface area contributed by atoms with Crippen molar-refractivity contribution < 1.29 is 0 Å². The van der Waals surface area contributed by atoms with Gasteiger partial charge in [0, 0.05) is 25.4 Å². The van der Waals surface area contributed by atoms with Crippen molar-refractivity contribution in [1.29, 1.82) is 0 Å². The van der Waals surface area contributed by atoms with Gasteiger partial charge in [-0.1, -0.05) is 13.3 Å². The quantitative estimate of drug-likeness (QED) is 0.844. The lowest BCUT2D eigenvalue weighted by Crippen LogP contribution is -2.36. The van der Waals surface area contributed by atoms with Crippen LogP contribution in [0.3, 0.4) is 0 Å². The van der Waals surface area contributed by atoms with Gasteiger partial charge in [-0.25, -0.2) is 0 Å². The van der Waals surface area contributed by atoms with Gasteiger partial charge in [0.2, 0.25) is 0 Å². The molecule has 4 heteroatoms. The highest BCUT2D eigenvalue weighted by Crippen LogP contribution is 2.21. The predicted molar refractivity (Wildman–Crippen MR) is 66.9 cm³/mol. The zero-order valence-corrected chi connectivity index (χ0v) is 10.7. The minimum Gasteiger partial charge on any atom is -0.315 e. The number of hydrogen-bond donors (Lipinski definition) is 1. The Morgan fingerprint density at radius 2 is 2.24 bits per heavy atom. The Kier molecular flexibility index (Phi) is 3.14. The van der Waals surface area contributed by atoms with Crippen molar-refractivity contribution in [1.82, 2.24) is 20.1 Å². The van der Waals surface area contributed by atoms with Crippen molar-refractivity contribution in [3.8, 4) is 0 Å². The van der Waals surface area contributed by atoms with Crippen LogP contribution in [0.4, 0.5) is 0 Å². The SMILES string of the molecule is CC1CCn2c(nnc2CC2CCCCN2)C1. The Balaban J connectivity index is 1.71. The van der Waals surface area contributed by atoms with E-state index < -0.39 is 0 Å². The summed E-state index contributed by atoms with van der Waals surface area (Å²) in [5.74, 6) is 3.17. The Bertz CT molecular complexity index is 379. The Morgan fingerprint density at radius 1 is 1.29 bits per heavy atom. The molecule has 4 nitrogen and oxygen atoms in total. The van der Waals surface area contributed by atoms with E-state index in [0.29, 0.717) is 6.04 Å². The lowest BCUT2D eigenvalue weighted by molar-refractivity contribution is 0.372. The molecule has 0 radical (unpaired) electrons. The number of aromatic nitrogens is 3. The average Bonchev–Trinajstić information content (AvgIpc) is 2.73. The van der Waals surface area contributed by atoms with E-state index in [2.05, 4.69) is 27.0 Å². The number of rotatable bonds is 2. The Labute approximate surface area is 103 Å². The monoisotopic (exact) mass is 234 g/mol. The van der Waals surface area contributed by atoms with E-state index in [1.54, 1.807) is 0 Å². The van der Waals surface area contributed by atoms with Crippen LogP contribution >= 0.6 is 0 Å². The van der Waals surface area contributed by atoms with Crippen molar-refractivity contribution in [2.24, 2.45) is 5.92 Å². The first-order valence-corrected chi connectivity index (χ1v) is 6.97. The lowest BCUT2D eigenvalue weighted by Gasteiger charge is -2.25. The van der Waals surface area contributed by atoms with E-state index >= 15 is 0 Å². The first kappa shape index (κ1) is 11.2. The zero-order valence-electron chi connectivity index (χ0n) is 10.7.